The Kier molecular flexibility index (Phi) is 5.41. The maximum Gasteiger partial charge on any atom is 0.267 e. The fourth-order valence-corrected chi connectivity index (χ4v) is 4.79. The number of anilines is 2. The lowest BCUT2D eigenvalue weighted by Gasteiger charge is -2.35. The van der Waals surface area contributed by atoms with Crippen LogP contribution in [0, 0.1) is 19.7 Å². The number of carbonyl (C=O) groups excluding carboxylic acids is 1. The van der Waals surface area contributed by atoms with Gasteiger partial charge in [0.25, 0.3) is 15.9 Å². The van der Waals surface area contributed by atoms with Crippen LogP contribution < -0.4 is 14.4 Å². The molecule has 1 aliphatic heterocycles. The zero-order chi connectivity index (χ0) is 22.2. The third-order valence-electron chi connectivity index (χ3n) is 5.00. The van der Waals surface area contributed by atoms with E-state index in [0.717, 1.165) is 11.1 Å². The third kappa shape index (κ3) is 4.25. The van der Waals surface area contributed by atoms with Gasteiger partial charge in [0.2, 0.25) is 0 Å². The molecule has 160 valence electrons. The summed E-state index contributed by atoms with van der Waals surface area (Å²) < 4.78 is 47.0. The highest BCUT2D eigenvalue weighted by Gasteiger charge is 2.37. The van der Waals surface area contributed by atoms with Crippen molar-refractivity contribution in [2.24, 2.45) is 0 Å². The number of nitrogens with zero attached hydrogens (tertiary/aromatic N) is 1. The summed E-state index contributed by atoms with van der Waals surface area (Å²) >= 11 is 0. The second-order valence-corrected chi connectivity index (χ2v) is 9.29. The number of carbonyl (C=O) groups is 1. The lowest BCUT2D eigenvalue weighted by Crippen LogP contribution is -2.48. The second kappa shape index (κ2) is 8.03. The van der Waals surface area contributed by atoms with E-state index in [1.54, 1.807) is 42.5 Å². The number of aryl methyl sites for hydroxylation is 2. The Bertz CT molecular complexity index is 1230. The van der Waals surface area contributed by atoms with Crippen LogP contribution in [0.25, 0.3) is 0 Å². The van der Waals surface area contributed by atoms with Crippen LogP contribution in [0.1, 0.15) is 11.1 Å². The van der Waals surface area contributed by atoms with Crippen molar-refractivity contribution in [3.8, 4) is 5.75 Å². The van der Waals surface area contributed by atoms with Crippen molar-refractivity contribution in [1.29, 1.82) is 0 Å². The van der Waals surface area contributed by atoms with Gasteiger partial charge in [-0.2, -0.15) is 0 Å². The van der Waals surface area contributed by atoms with Gasteiger partial charge >= 0.3 is 0 Å². The summed E-state index contributed by atoms with van der Waals surface area (Å²) in [6.07, 6.45) is -1.08. The maximum absolute atomic E-state index is 13.4. The lowest BCUT2D eigenvalue weighted by molar-refractivity contribution is -0.122. The molecule has 31 heavy (non-hydrogen) atoms. The van der Waals surface area contributed by atoms with E-state index >= 15 is 0 Å². The number of sulfonamides is 1. The van der Waals surface area contributed by atoms with E-state index in [1.807, 2.05) is 13.8 Å². The summed E-state index contributed by atoms with van der Waals surface area (Å²) in [7, 11) is -3.93. The van der Waals surface area contributed by atoms with Gasteiger partial charge in [-0.15, -0.1) is 0 Å². The molecule has 0 fully saturated rings. The van der Waals surface area contributed by atoms with Gasteiger partial charge < -0.3 is 10.1 Å². The minimum absolute atomic E-state index is 0.130. The fourth-order valence-electron chi connectivity index (χ4n) is 3.32. The molecule has 1 heterocycles. The highest BCUT2D eigenvalue weighted by molar-refractivity contribution is 7.92. The molecule has 1 atom stereocenters. The monoisotopic (exact) mass is 440 g/mol. The first-order valence-electron chi connectivity index (χ1n) is 9.67. The Hall–Kier alpha value is -3.39. The van der Waals surface area contributed by atoms with Crippen LogP contribution >= 0.6 is 0 Å². The zero-order valence-electron chi connectivity index (χ0n) is 17.0. The number of fused-ring (bicyclic) bond motifs is 1. The Morgan fingerprint density at radius 3 is 2.32 bits per heavy atom. The number of ether oxygens (including phenoxy) is 1. The van der Waals surface area contributed by atoms with Crippen molar-refractivity contribution in [3.63, 3.8) is 0 Å². The number of rotatable bonds is 4. The van der Waals surface area contributed by atoms with Crippen molar-refractivity contribution in [2.45, 2.75) is 24.8 Å². The van der Waals surface area contributed by atoms with Gasteiger partial charge in [-0.3, -0.25) is 9.10 Å². The third-order valence-corrected chi connectivity index (χ3v) is 6.79. The van der Waals surface area contributed by atoms with Gasteiger partial charge in [0, 0.05) is 5.69 Å². The molecule has 0 spiro atoms. The van der Waals surface area contributed by atoms with Crippen molar-refractivity contribution < 1.29 is 22.3 Å². The fraction of sp³-hybridized carbons (Fsp3) is 0.174. The molecule has 0 unspecified atom stereocenters. The molecule has 8 heteroatoms. The van der Waals surface area contributed by atoms with Crippen LogP contribution in [0.3, 0.4) is 0 Å². The smallest absolute Gasteiger partial charge is 0.267 e. The van der Waals surface area contributed by atoms with Crippen LogP contribution in [-0.4, -0.2) is 27.0 Å². The van der Waals surface area contributed by atoms with E-state index < -0.39 is 27.9 Å². The van der Waals surface area contributed by atoms with E-state index in [9.17, 15) is 17.6 Å². The topological polar surface area (TPSA) is 75.7 Å². The van der Waals surface area contributed by atoms with Crippen LogP contribution in [0.15, 0.2) is 71.6 Å². The summed E-state index contributed by atoms with van der Waals surface area (Å²) in [6.45, 7) is 3.53. The van der Waals surface area contributed by atoms with Crippen LogP contribution in [0.5, 0.6) is 5.75 Å². The normalized spacial score (nSPS) is 15.7. The van der Waals surface area contributed by atoms with Gasteiger partial charge in [-0.1, -0.05) is 23.8 Å². The van der Waals surface area contributed by atoms with Crippen molar-refractivity contribution in [3.05, 3.63) is 83.7 Å². The summed E-state index contributed by atoms with van der Waals surface area (Å²) in [5.41, 5.74) is 2.57. The molecule has 1 amide bonds. The highest BCUT2D eigenvalue weighted by atomic mass is 32.2. The molecule has 0 aromatic heterocycles. The molecule has 0 bridgehead atoms. The molecule has 3 aromatic carbocycles. The molecule has 4 rings (SSSR count). The lowest BCUT2D eigenvalue weighted by atomic mass is 10.1. The first-order valence-corrected chi connectivity index (χ1v) is 11.1. The van der Waals surface area contributed by atoms with Crippen molar-refractivity contribution >= 4 is 27.3 Å². The maximum atomic E-state index is 13.4. The number of amides is 1. The van der Waals surface area contributed by atoms with E-state index in [1.165, 1.54) is 28.6 Å². The molecule has 6 nitrogen and oxygen atoms in total. The zero-order valence-corrected chi connectivity index (χ0v) is 17.8. The first kappa shape index (κ1) is 20.9. The standard InChI is InChI=1S/C23H21FN2O4S/c1-15-3-10-19(11-4-15)31(28,29)26-14-22(30-21-12-5-16(2)13-20(21)26)23(27)25-18-8-6-17(24)7-9-18/h3-13,22H,14H2,1-2H3,(H,25,27)/t22-/m1/s1. The quantitative estimate of drug-likeness (QED) is 0.665. The predicted octanol–water partition coefficient (Wildman–Crippen LogP) is 4.04. The Balaban J connectivity index is 1.69. The van der Waals surface area contributed by atoms with Crippen molar-refractivity contribution in [2.75, 3.05) is 16.2 Å². The molecular weight excluding hydrogens is 419 g/mol. The average molecular weight is 440 g/mol. The van der Waals surface area contributed by atoms with Gasteiger partial charge in [0.1, 0.15) is 11.6 Å². The average Bonchev–Trinajstić information content (AvgIpc) is 2.74. The SMILES string of the molecule is Cc1ccc(S(=O)(=O)N2C[C@H](C(=O)Nc3ccc(F)cc3)Oc3ccc(C)cc32)cc1. The Morgan fingerprint density at radius 2 is 1.65 bits per heavy atom. The number of hydrogen-bond acceptors (Lipinski definition) is 4. The highest BCUT2D eigenvalue weighted by Crippen LogP contribution is 2.38. The summed E-state index contributed by atoms with van der Waals surface area (Å²) in [5, 5.41) is 2.65. The molecule has 3 aromatic rings. The van der Waals surface area contributed by atoms with Gasteiger partial charge in [0.05, 0.1) is 17.1 Å². The van der Waals surface area contributed by atoms with Crippen LogP contribution in [0.4, 0.5) is 15.8 Å². The number of hydrogen-bond donors (Lipinski definition) is 1. The van der Waals surface area contributed by atoms with Gasteiger partial charge in [-0.05, 0) is 67.9 Å². The molecular formula is C23H21FN2O4S. The predicted molar refractivity (Wildman–Crippen MR) is 116 cm³/mol. The largest absolute Gasteiger partial charge is 0.476 e. The molecule has 0 saturated carbocycles. The number of nitrogens with one attached hydrogen (secondary N) is 1. The number of benzene rings is 3. The molecule has 0 aliphatic carbocycles. The minimum atomic E-state index is -3.93. The van der Waals surface area contributed by atoms with E-state index in [-0.39, 0.29) is 11.4 Å². The summed E-state index contributed by atoms with van der Waals surface area (Å²) in [4.78, 5) is 13.0. The Labute approximate surface area is 180 Å². The summed E-state index contributed by atoms with van der Waals surface area (Å²) in [5.74, 6) is -0.652. The van der Waals surface area contributed by atoms with Gasteiger partial charge in [-0.25, -0.2) is 12.8 Å². The molecule has 0 saturated heterocycles. The molecule has 1 N–H and O–H groups in total. The first-order chi connectivity index (χ1) is 14.7. The summed E-state index contributed by atoms with van der Waals surface area (Å²) in [6, 6.07) is 17.0. The molecule has 0 radical (unpaired) electrons. The van der Waals surface area contributed by atoms with E-state index in [4.69, 9.17) is 4.74 Å². The van der Waals surface area contributed by atoms with Crippen molar-refractivity contribution in [1.82, 2.24) is 0 Å². The van der Waals surface area contributed by atoms with Crippen LogP contribution in [0.2, 0.25) is 0 Å². The molecule has 1 aliphatic rings. The van der Waals surface area contributed by atoms with E-state index in [2.05, 4.69) is 5.32 Å². The number of halogens is 1. The Morgan fingerprint density at radius 1 is 1.00 bits per heavy atom. The minimum Gasteiger partial charge on any atom is -0.476 e. The van der Waals surface area contributed by atoms with E-state index in [0.29, 0.717) is 17.1 Å². The van der Waals surface area contributed by atoms with Crippen LogP contribution in [-0.2, 0) is 14.8 Å². The van der Waals surface area contributed by atoms with Gasteiger partial charge in [0.15, 0.2) is 6.10 Å². The second-order valence-electron chi connectivity index (χ2n) is 7.42.